The number of aromatic nitrogens is 2. The fourth-order valence-corrected chi connectivity index (χ4v) is 7.56. The van der Waals surface area contributed by atoms with Gasteiger partial charge in [0.05, 0.1) is 33.0 Å². The number of anilines is 1. The van der Waals surface area contributed by atoms with Crippen molar-refractivity contribution in [2.75, 3.05) is 18.0 Å². The van der Waals surface area contributed by atoms with Crippen LogP contribution in [-0.2, 0) is 11.3 Å². The zero-order valence-corrected chi connectivity index (χ0v) is 23.1. The van der Waals surface area contributed by atoms with Gasteiger partial charge in [0.1, 0.15) is 17.0 Å². The Morgan fingerprint density at radius 3 is 2.74 bits per heavy atom. The first kappa shape index (κ1) is 25.3. The van der Waals surface area contributed by atoms with Crippen LogP contribution in [0.3, 0.4) is 0 Å². The van der Waals surface area contributed by atoms with E-state index in [2.05, 4.69) is 15.0 Å². The Balaban J connectivity index is 1.03. The second-order valence-electron chi connectivity index (χ2n) is 10.9. The van der Waals surface area contributed by atoms with Crippen molar-refractivity contribution in [2.24, 2.45) is 5.41 Å². The van der Waals surface area contributed by atoms with Crippen LogP contribution in [0.25, 0.3) is 21.5 Å². The Labute approximate surface area is 237 Å². The number of carboxylic acids is 1. The smallest absolute Gasteiger partial charge is 0.335 e. The number of benzene rings is 2. The largest absolute Gasteiger partial charge is 0.478 e. The van der Waals surface area contributed by atoms with E-state index >= 15 is 0 Å². The van der Waals surface area contributed by atoms with Gasteiger partial charge in [-0.05, 0) is 61.8 Å². The van der Waals surface area contributed by atoms with Crippen molar-refractivity contribution in [3.8, 4) is 11.3 Å². The van der Waals surface area contributed by atoms with Crippen molar-refractivity contribution in [1.82, 2.24) is 10.1 Å². The number of ether oxygens (including phenoxy) is 1. The van der Waals surface area contributed by atoms with Gasteiger partial charge in [0.25, 0.3) is 0 Å². The average molecular weight is 588 g/mol. The zero-order chi connectivity index (χ0) is 26.9. The number of nitrogens with zero attached hydrogens (tertiary/aromatic N) is 3. The van der Waals surface area contributed by atoms with Crippen LogP contribution < -0.4 is 4.90 Å². The Morgan fingerprint density at radius 2 is 2.03 bits per heavy atom. The molecule has 202 valence electrons. The Morgan fingerprint density at radius 1 is 1.26 bits per heavy atom. The molecule has 3 heterocycles. The average Bonchev–Trinajstić information content (AvgIpc) is 3.28. The molecule has 7 rings (SSSR count). The molecule has 3 fully saturated rings. The van der Waals surface area contributed by atoms with Gasteiger partial charge in [-0.25, -0.2) is 14.2 Å². The third kappa shape index (κ3) is 4.49. The lowest BCUT2D eigenvalue weighted by atomic mass is 9.66. The molecule has 39 heavy (non-hydrogen) atoms. The van der Waals surface area contributed by atoms with E-state index in [1.165, 1.54) is 17.4 Å². The van der Waals surface area contributed by atoms with Gasteiger partial charge >= 0.3 is 5.97 Å². The number of hydrogen-bond acceptors (Lipinski definition) is 7. The molecule has 4 aromatic rings. The SMILES string of the molecule is O=C(O)c1cc(F)c2nc(N3CCC4(CC(OCc5c(-c6c(Cl)cccc6Cl)noc5C5CC5)C4)C3)sc2c1. The van der Waals surface area contributed by atoms with E-state index in [-0.39, 0.29) is 22.6 Å². The Kier molecular flexibility index (Phi) is 6.11. The molecule has 2 aromatic heterocycles. The van der Waals surface area contributed by atoms with Gasteiger partial charge in [-0.1, -0.05) is 45.8 Å². The van der Waals surface area contributed by atoms with Crippen molar-refractivity contribution in [3.63, 3.8) is 0 Å². The first-order valence-electron chi connectivity index (χ1n) is 12.9. The summed E-state index contributed by atoms with van der Waals surface area (Å²) in [5, 5.41) is 15.4. The number of thiazole rings is 1. The highest BCUT2D eigenvalue weighted by Crippen LogP contribution is 2.52. The number of aromatic carboxylic acids is 1. The van der Waals surface area contributed by atoms with Crippen molar-refractivity contribution in [2.45, 2.75) is 50.7 Å². The quantitative estimate of drug-likeness (QED) is 0.239. The molecule has 1 N–H and O–H groups in total. The highest BCUT2D eigenvalue weighted by Gasteiger charge is 2.49. The molecule has 1 aliphatic heterocycles. The number of halogens is 3. The van der Waals surface area contributed by atoms with E-state index < -0.39 is 11.8 Å². The standard InChI is InChI=1S/C28H24Cl2FN3O4S/c29-18-2-1-3-19(30)22(18)23-17(25(38-33-23)14-4-5-14)12-37-16-10-28(11-16)6-7-34(13-28)27-32-24-20(31)8-15(26(35)36)9-21(24)39-27/h1-3,8-9,14,16H,4-7,10-13H2,(H,35,36). The predicted molar refractivity (Wildman–Crippen MR) is 148 cm³/mol. The first-order valence-corrected chi connectivity index (χ1v) is 14.5. The van der Waals surface area contributed by atoms with E-state index in [4.69, 9.17) is 32.5 Å². The van der Waals surface area contributed by atoms with Crippen LogP contribution in [0.4, 0.5) is 9.52 Å². The molecule has 2 aromatic carbocycles. The van der Waals surface area contributed by atoms with Crippen molar-refractivity contribution < 1.29 is 23.6 Å². The monoisotopic (exact) mass is 587 g/mol. The Hall–Kier alpha value is -2.72. The summed E-state index contributed by atoms with van der Waals surface area (Å²) >= 11 is 14.3. The Bertz CT molecular complexity index is 1590. The summed E-state index contributed by atoms with van der Waals surface area (Å²) in [5.41, 5.74) is 2.56. The van der Waals surface area contributed by atoms with Gasteiger partial charge in [-0.3, -0.25) is 0 Å². The topological polar surface area (TPSA) is 88.7 Å². The maximum absolute atomic E-state index is 14.5. The minimum Gasteiger partial charge on any atom is -0.478 e. The highest BCUT2D eigenvalue weighted by atomic mass is 35.5. The minimum absolute atomic E-state index is 0.0651. The lowest BCUT2D eigenvalue weighted by Gasteiger charge is -2.44. The third-order valence-corrected chi connectivity index (χ3v) is 9.84. The normalized spacial score (nSPS) is 22.6. The maximum atomic E-state index is 14.5. The third-order valence-electron chi connectivity index (χ3n) is 8.14. The van der Waals surface area contributed by atoms with Crippen LogP contribution in [-0.4, -0.2) is 40.4 Å². The van der Waals surface area contributed by atoms with E-state index in [0.717, 1.165) is 67.7 Å². The lowest BCUT2D eigenvalue weighted by molar-refractivity contribution is -0.0796. The van der Waals surface area contributed by atoms with Crippen LogP contribution >= 0.6 is 34.5 Å². The van der Waals surface area contributed by atoms with Crippen LogP contribution in [0.2, 0.25) is 10.0 Å². The summed E-state index contributed by atoms with van der Waals surface area (Å²) in [5.74, 6) is -0.511. The number of rotatable bonds is 7. The van der Waals surface area contributed by atoms with Crippen LogP contribution in [0.5, 0.6) is 0 Å². The molecule has 2 saturated carbocycles. The van der Waals surface area contributed by atoms with E-state index in [1.54, 1.807) is 12.1 Å². The van der Waals surface area contributed by atoms with Crippen LogP contribution in [0, 0.1) is 11.2 Å². The molecular formula is C28H24Cl2FN3O4S. The molecule has 1 spiro atoms. The lowest BCUT2D eigenvalue weighted by Crippen LogP contribution is -2.44. The van der Waals surface area contributed by atoms with Crippen molar-refractivity contribution >= 4 is 55.9 Å². The van der Waals surface area contributed by atoms with Gasteiger partial charge in [0.15, 0.2) is 10.9 Å². The second kappa shape index (κ2) is 9.44. The molecule has 0 bridgehead atoms. The van der Waals surface area contributed by atoms with E-state index in [1.807, 2.05) is 6.07 Å². The van der Waals surface area contributed by atoms with Gasteiger partial charge < -0.3 is 19.3 Å². The molecule has 11 heteroatoms. The highest BCUT2D eigenvalue weighted by molar-refractivity contribution is 7.22. The van der Waals surface area contributed by atoms with Crippen molar-refractivity contribution in [1.29, 1.82) is 0 Å². The van der Waals surface area contributed by atoms with Crippen LogP contribution in [0.15, 0.2) is 34.9 Å². The molecule has 1 saturated heterocycles. The number of hydrogen-bond donors (Lipinski definition) is 1. The minimum atomic E-state index is -1.15. The molecule has 0 radical (unpaired) electrons. The zero-order valence-electron chi connectivity index (χ0n) is 20.8. The summed E-state index contributed by atoms with van der Waals surface area (Å²) in [7, 11) is 0. The summed E-state index contributed by atoms with van der Waals surface area (Å²) in [6, 6.07) is 7.92. The van der Waals surface area contributed by atoms with Gasteiger partial charge in [-0.15, -0.1) is 0 Å². The molecule has 0 amide bonds. The predicted octanol–water partition coefficient (Wildman–Crippen LogP) is 7.55. The summed E-state index contributed by atoms with van der Waals surface area (Å²) < 4.78 is 27.2. The fraction of sp³-hybridized carbons (Fsp3) is 0.393. The molecule has 0 unspecified atom stereocenters. The van der Waals surface area contributed by atoms with E-state index in [9.17, 15) is 14.3 Å². The maximum Gasteiger partial charge on any atom is 0.335 e. The summed E-state index contributed by atoms with van der Waals surface area (Å²) in [4.78, 5) is 18.0. The van der Waals surface area contributed by atoms with Gasteiger partial charge in [0.2, 0.25) is 0 Å². The van der Waals surface area contributed by atoms with Gasteiger partial charge in [-0.2, -0.15) is 0 Å². The number of fused-ring (bicyclic) bond motifs is 1. The number of carbonyl (C=O) groups is 1. The summed E-state index contributed by atoms with van der Waals surface area (Å²) in [6.07, 6.45) is 5.14. The van der Waals surface area contributed by atoms with Crippen LogP contribution in [0.1, 0.15) is 59.7 Å². The molecule has 7 nitrogen and oxygen atoms in total. The number of carboxylic acid groups (broad SMARTS) is 1. The molecule has 2 aliphatic carbocycles. The van der Waals surface area contributed by atoms with Crippen molar-refractivity contribution in [3.05, 3.63) is 63.1 Å². The second-order valence-corrected chi connectivity index (χ2v) is 12.7. The molecule has 3 aliphatic rings. The van der Waals surface area contributed by atoms with Gasteiger partial charge in [0, 0.05) is 30.1 Å². The fourth-order valence-electron chi connectivity index (χ4n) is 5.94. The molecule has 0 atom stereocenters. The summed E-state index contributed by atoms with van der Waals surface area (Å²) in [6.45, 7) is 2.04. The van der Waals surface area contributed by atoms with E-state index in [0.29, 0.717) is 38.5 Å². The molecular weight excluding hydrogens is 564 g/mol. The first-order chi connectivity index (χ1) is 18.8.